The van der Waals surface area contributed by atoms with Gasteiger partial charge in [-0.3, -0.25) is 0 Å². The molecule has 3 nitrogen and oxygen atoms in total. The number of aromatic carboxylic acids is 1. The van der Waals surface area contributed by atoms with Crippen molar-refractivity contribution < 1.29 is 15.0 Å². The zero-order valence-electron chi connectivity index (χ0n) is 17.3. The van der Waals surface area contributed by atoms with Gasteiger partial charge in [0.15, 0.2) is 0 Å². The van der Waals surface area contributed by atoms with Crippen molar-refractivity contribution in [2.45, 2.75) is 59.3 Å². The molecular weight excluding hydrogens is 336 g/mol. The van der Waals surface area contributed by atoms with Gasteiger partial charge in [-0.25, -0.2) is 4.79 Å². The third-order valence-electron chi connectivity index (χ3n) is 4.72. The Hall–Kier alpha value is -2.55. The maximum absolute atomic E-state index is 11.0. The van der Waals surface area contributed by atoms with Crippen LogP contribution in [0.1, 0.15) is 81.1 Å². The number of carboxylic acid groups (broad SMARTS) is 1. The highest BCUT2D eigenvalue weighted by atomic mass is 16.4. The lowest BCUT2D eigenvalue weighted by atomic mass is 9.77. The summed E-state index contributed by atoms with van der Waals surface area (Å²) in [6, 6.07) is 11.0. The Balaban J connectivity index is 2.57. The van der Waals surface area contributed by atoms with E-state index in [0.29, 0.717) is 5.75 Å². The van der Waals surface area contributed by atoms with Crippen LogP contribution in [-0.2, 0) is 10.8 Å². The molecule has 0 saturated heterocycles. The Morgan fingerprint density at radius 3 is 1.67 bits per heavy atom. The smallest absolute Gasteiger partial charge is 0.335 e. The van der Waals surface area contributed by atoms with Crippen molar-refractivity contribution in [2.75, 3.05) is 0 Å². The molecule has 0 aliphatic heterocycles. The third-order valence-corrected chi connectivity index (χ3v) is 4.72. The Labute approximate surface area is 162 Å². The summed E-state index contributed by atoms with van der Waals surface area (Å²) < 4.78 is 0. The summed E-state index contributed by atoms with van der Waals surface area (Å²) >= 11 is 0. The van der Waals surface area contributed by atoms with E-state index < -0.39 is 5.97 Å². The zero-order valence-corrected chi connectivity index (χ0v) is 17.3. The first-order chi connectivity index (χ1) is 12.3. The number of carboxylic acids is 1. The topological polar surface area (TPSA) is 57.5 Å². The number of phenolic OH excluding ortho intramolecular Hbond substituents is 1. The van der Waals surface area contributed by atoms with Gasteiger partial charge in [0.2, 0.25) is 0 Å². The lowest BCUT2D eigenvalue weighted by Crippen LogP contribution is -2.17. The number of rotatable bonds is 3. The maximum Gasteiger partial charge on any atom is 0.335 e. The van der Waals surface area contributed by atoms with Crippen LogP contribution in [0.5, 0.6) is 5.75 Å². The van der Waals surface area contributed by atoms with Crippen molar-refractivity contribution in [3.63, 3.8) is 0 Å². The second-order valence-electron chi connectivity index (χ2n) is 9.17. The van der Waals surface area contributed by atoms with Gasteiger partial charge in [0, 0.05) is 11.1 Å². The van der Waals surface area contributed by atoms with Crippen LogP contribution in [0.2, 0.25) is 0 Å². The van der Waals surface area contributed by atoms with Crippen molar-refractivity contribution in [1.29, 1.82) is 0 Å². The monoisotopic (exact) mass is 366 g/mol. The molecule has 2 rings (SSSR count). The average Bonchev–Trinajstić information content (AvgIpc) is 2.53. The van der Waals surface area contributed by atoms with Crippen LogP contribution in [0.15, 0.2) is 36.4 Å². The molecule has 0 heterocycles. The number of hydrogen-bond donors (Lipinski definition) is 2. The molecule has 2 N–H and O–H groups in total. The molecule has 3 heteroatoms. The Bertz CT molecular complexity index is 838. The van der Waals surface area contributed by atoms with Gasteiger partial charge < -0.3 is 10.2 Å². The number of hydrogen-bond acceptors (Lipinski definition) is 2. The fourth-order valence-corrected chi connectivity index (χ4v) is 3.06. The highest BCUT2D eigenvalue weighted by Crippen LogP contribution is 2.41. The van der Waals surface area contributed by atoms with Crippen LogP contribution in [-0.4, -0.2) is 16.2 Å². The fourth-order valence-electron chi connectivity index (χ4n) is 3.06. The van der Waals surface area contributed by atoms with Gasteiger partial charge in [-0.1, -0.05) is 59.8 Å². The standard InChI is InChI=1S/C24H30O3/c1-15(12-16-8-10-17(11-9-16)22(26)27)18-13-19(23(2,3)4)21(25)20(14-18)24(5,6)7/h8-14,25H,1-7H3,(H,26,27)/b15-12+. The van der Waals surface area contributed by atoms with Crippen molar-refractivity contribution in [3.05, 3.63) is 64.2 Å². The van der Waals surface area contributed by atoms with Gasteiger partial charge in [0.25, 0.3) is 0 Å². The number of aromatic hydroxyl groups is 1. The molecule has 0 saturated carbocycles. The molecule has 0 atom stereocenters. The molecule has 0 unspecified atom stereocenters. The molecule has 0 fully saturated rings. The van der Waals surface area contributed by atoms with Crippen LogP contribution in [0.25, 0.3) is 11.6 Å². The van der Waals surface area contributed by atoms with Gasteiger partial charge in [0.05, 0.1) is 5.56 Å². The van der Waals surface area contributed by atoms with Crippen molar-refractivity contribution in [1.82, 2.24) is 0 Å². The van der Waals surface area contributed by atoms with E-state index in [0.717, 1.165) is 27.8 Å². The lowest BCUT2D eigenvalue weighted by molar-refractivity contribution is 0.0697. The molecule has 0 amide bonds. The highest BCUT2D eigenvalue weighted by Gasteiger charge is 2.26. The molecule has 0 bridgehead atoms. The number of phenols is 1. The van der Waals surface area contributed by atoms with E-state index >= 15 is 0 Å². The molecule has 144 valence electrons. The van der Waals surface area contributed by atoms with E-state index in [1.165, 1.54) is 0 Å². The zero-order chi connectivity index (χ0) is 20.6. The van der Waals surface area contributed by atoms with Crippen LogP contribution in [0, 0.1) is 0 Å². The molecular formula is C24H30O3. The quantitative estimate of drug-likeness (QED) is 0.632. The minimum Gasteiger partial charge on any atom is -0.507 e. The second kappa shape index (κ2) is 7.22. The highest BCUT2D eigenvalue weighted by molar-refractivity contribution is 5.88. The minimum absolute atomic E-state index is 0.177. The van der Waals surface area contributed by atoms with Gasteiger partial charge in [-0.15, -0.1) is 0 Å². The fraction of sp³-hybridized carbons (Fsp3) is 0.375. The van der Waals surface area contributed by atoms with Crippen molar-refractivity contribution in [2.24, 2.45) is 0 Å². The SMILES string of the molecule is C/C(=C\c1ccc(C(=O)O)cc1)c1cc(C(C)(C)C)c(O)c(C(C)(C)C)c1. The van der Waals surface area contributed by atoms with E-state index in [1.54, 1.807) is 12.1 Å². The minimum atomic E-state index is -0.926. The summed E-state index contributed by atoms with van der Waals surface area (Å²) in [4.78, 5) is 11.0. The number of carbonyl (C=O) groups is 1. The van der Waals surface area contributed by atoms with E-state index in [2.05, 4.69) is 53.7 Å². The average molecular weight is 367 g/mol. The van der Waals surface area contributed by atoms with Gasteiger partial charge in [-0.2, -0.15) is 0 Å². The predicted octanol–water partition coefficient (Wildman–Crippen LogP) is 6.25. The Morgan fingerprint density at radius 2 is 1.30 bits per heavy atom. The molecule has 0 aliphatic rings. The van der Waals surface area contributed by atoms with Crippen molar-refractivity contribution in [3.8, 4) is 5.75 Å². The number of benzene rings is 2. The third kappa shape index (κ3) is 4.79. The summed E-state index contributed by atoms with van der Waals surface area (Å²) in [5.41, 5.74) is 4.85. The Morgan fingerprint density at radius 1 is 0.852 bits per heavy atom. The summed E-state index contributed by atoms with van der Waals surface area (Å²) in [6.45, 7) is 14.6. The van der Waals surface area contributed by atoms with Gasteiger partial charge in [-0.05, 0) is 58.7 Å². The van der Waals surface area contributed by atoms with Crippen LogP contribution in [0.4, 0.5) is 0 Å². The van der Waals surface area contributed by atoms with Crippen molar-refractivity contribution >= 4 is 17.6 Å². The summed E-state index contributed by atoms with van der Waals surface area (Å²) in [5, 5.41) is 19.9. The van der Waals surface area contributed by atoms with Crippen LogP contribution >= 0.6 is 0 Å². The lowest BCUT2D eigenvalue weighted by Gasteiger charge is -2.28. The van der Waals surface area contributed by atoms with E-state index in [9.17, 15) is 9.90 Å². The summed E-state index contributed by atoms with van der Waals surface area (Å²) in [6.07, 6.45) is 2.04. The summed E-state index contributed by atoms with van der Waals surface area (Å²) in [7, 11) is 0. The normalized spacial score (nSPS) is 12.9. The van der Waals surface area contributed by atoms with Crippen LogP contribution < -0.4 is 0 Å². The molecule has 0 aliphatic carbocycles. The number of allylic oxidation sites excluding steroid dienone is 1. The molecule has 0 aromatic heterocycles. The first-order valence-corrected chi connectivity index (χ1v) is 9.20. The maximum atomic E-state index is 11.0. The first kappa shape index (κ1) is 20.8. The van der Waals surface area contributed by atoms with Crippen LogP contribution in [0.3, 0.4) is 0 Å². The second-order valence-corrected chi connectivity index (χ2v) is 9.17. The molecule has 2 aromatic rings. The van der Waals surface area contributed by atoms with E-state index in [4.69, 9.17) is 5.11 Å². The molecule has 27 heavy (non-hydrogen) atoms. The van der Waals surface area contributed by atoms with E-state index in [1.807, 2.05) is 25.1 Å². The van der Waals surface area contributed by atoms with Gasteiger partial charge in [0.1, 0.15) is 5.75 Å². The molecule has 0 radical (unpaired) electrons. The predicted molar refractivity (Wildman–Crippen MR) is 112 cm³/mol. The largest absolute Gasteiger partial charge is 0.507 e. The Kier molecular flexibility index (Phi) is 5.55. The first-order valence-electron chi connectivity index (χ1n) is 9.20. The summed E-state index contributed by atoms with van der Waals surface area (Å²) in [5.74, 6) is -0.553. The van der Waals surface area contributed by atoms with E-state index in [-0.39, 0.29) is 16.4 Å². The molecule has 0 spiro atoms. The van der Waals surface area contributed by atoms with Gasteiger partial charge >= 0.3 is 5.97 Å². The molecule has 2 aromatic carbocycles.